The standard InChI is InChI=1S/C24H35N3O2/c1-18-7-12-25-15-21(18)23(28)26-13-8-20(9-14-26)27-16-22(29-17-19-5-6-19)24(27)10-3-2-4-11-24/h7,12,15,19-20,22H,2-6,8-11,13-14,16-17H2,1H3. The fourth-order valence-electron chi connectivity index (χ4n) is 5.87. The van der Waals surface area contributed by atoms with Gasteiger partial charge in [0.2, 0.25) is 0 Å². The van der Waals surface area contributed by atoms with Crippen LogP contribution in [0.1, 0.15) is 73.7 Å². The van der Waals surface area contributed by atoms with E-state index in [2.05, 4.69) is 9.88 Å². The van der Waals surface area contributed by atoms with Crippen molar-refractivity contribution in [3.8, 4) is 0 Å². The number of piperidine rings is 1. The first-order valence-corrected chi connectivity index (χ1v) is 11.8. The molecular formula is C24H35N3O2. The number of carbonyl (C=O) groups is 1. The predicted octanol–water partition coefficient (Wildman–Crippen LogP) is 3.81. The maximum absolute atomic E-state index is 12.9. The highest BCUT2D eigenvalue weighted by molar-refractivity contribution is 5.95. The van der Waals surface area contributed by atoms with Gasteiger partial charge in [-0.1, -0.05) is 19.3 Å². The van der Waals surface area contributed by atoms with Gasteiger partial charge in [-0.25, -0.2) is 0 Å². The lowest BCUT2D eigenvalue weighted by molar-refractivity contribution is -0.202. The van der Waals surface area contributed by atoms with Gasteiger partial charge >= 0.3 is 0 Å². The smallest absolute Gasteiger partial charge is 0.255 e. The average Bonchev–Trinajstić information content (AvgIpc) is 3.58. The van der Waals surface area contributed by atoms with Crippen LogP contribution in [0, 0.1) is 12.8 Å². The molecule has 0 N–H and O–H groups in total. The molecule has 2 aliphatic carbocycles. The van der Waals surface area contributed by atoms with Crippen molar-refractivity contribution in [1.82, 2.24) is 14.8 Å². The molecule has 5 nitrogen and oxygen atoms in total. The van der Waals surface area contributed by atoms with Crippen molar-refractivity contribution in [1.29, 1.82) is 0 Å². The molecule has 0 radical (unpaired) electrons. The number of aryl methyl sites for hydroxylation is 1. The van der Waals surface area contributed by atoms with E-state index >= 15 is 0 Å². The second-order valence-corrected chi connectivity index (χ2v) is 9.80. The Hall–Kier alpha value is -1.46. The molecule has 1 aromatic rings. The molecule has 5 heteroatoms. The molecule has 5 rings (SSSR count). The van der Waals surface area contributed by atoms with Gasteiger partial charge in [0.05, 0.1) is 11.7 Å². The number of amides is 1. The first-order valence-electron chi connectivity index (χ1n) is 11.8. The highest BCUT2D eigenvalue weighted by atomic mass is 16.5. The Balaban J connectivity index is 1.21. The first kappa shape index (κ1) is 19.5. The number of likely N-dealkylation sites (tertiary alicyclic amines) is 2. The Morgan fingerprint density at radius 3 is 2.62 bits per heavy atom. The minimum absolute atomic E-state index is 0.149. The summed E-state index contributed by atoms with van der Waals surface area (Å²) in [6.45, 7) is 5.80. The van der Waals surface area contributed by atoms with Crippen LogP contribution in [0.15, 0.2) is 18.5 Å². The molecule has 3 heterocycles. The summed E-state index contributed by atoms with van der Waals surface area (Å²) in [6, 6.07) is 2.53. The SMILES string of the molecule is Cc1ccncc1C(=O)N1CCC(N2CC(OCC3CC3)C23CCCCC3)CC1. The maximum Gasteiger partial charge on any atom is 0.255 e. The van der Waals surface area contributed by atoms with Gasteiger partial charge in [-0.2, -0.15) is 0 Å². The molecule has 1 amide bonds. The van der Waals surface area contributed by atoms with E-state index in [-0.39, 0.29) is 5.91 Å². The normalized spacial score (nSPS) is 27.8. The van der Waals surface area contributed by atoms with Gasteiger partial charge < -0.3 is 9.64 Å². The molecule has 0 aromatic carbocycles. The summed E-state index contributed by atoms with van der Waals surface area (Å²) in [5.74, 6) is 0.991. The quantitative estimate of drug-likeness (QED) is 0.758. The van der Waals surface area contributed by atoms with Crippen molar-refractivity contribution in [2.45, 2.75) is 82.4 Å². The second-order valence-electron chi connectivity index (χ2n) is 9.80. The minimum atomic E-state index is 0.149. The van der Waals surface area contributed by atoms with Gasteiger partial charge in [0.15, 0.2) is 0 Å². The molecule has 1 unspecified atom stereocenters. The van der Waals surface area contributed by atoms with E-state index in [0.717, 1.165) is 56.1 Å². The van der Waals surface area contributed by atoms with Gasteiger partial charge in [0, 0.05) is 50.2 Å². The summed E-state index contributed by atoms with van der Waals surface area (Å²) in [5.41, 5.74) is 2.07. The van der Waals surface area contributed by atoms with Crippen molar-refractivity contribution in [3.63, 3.8) is 0 Å². The topological polar surface area (TPSA) is 45.7 Å². The van der Waals surface area contributed by atoms with Crippen LogP contribution in [0.4, 0.5) is 0 Å². The van der Waals surface area contributed by atoms with Gasteiger partial charge in [-0.15, -0.1) is 0 Å². The van der Waals surface area contributed by atoms with Gasteiger partial charge in [0.25, 0.3) is 5.91 Å². The molecule has 158 valence electrons. The van der Waals surface area contributed by atoms with E-state index in [4.69, 9.17) is 4.74 Å². The molecule has 4 fully saturated rings. The van der Waals surface area contributed by atoms with Crippen molar-refractivity contribution < 1.29 is 9.53 Å². The molecule has 29 heavy (non-hydrogen) atoms. The Morgan fingerprint density at radius 2 is 1.93 bits per heavy atom. The number of rotatable bonds is 5. The summed E-state index contributed by atoms with van der Waals surface area (Å²) >= 11 is 0. The Morgan fingerprint density at radius 1 is 1.17 bits per heavy atom. The number of hydrogen-bond acceptors (Lipinski definition) is 4. The highest BCUT2D eigenvalue weighted by Crippen LogP contribution is 2.48. The number of nitrogens with zero attached hydrogens (tertiary/aromatic N) is 3. The predicted molar refractivity (Wildman–Crippen MR) is 113 cm³/mol. The maximum atomic E-state index is 12.9. The van der Waals surface area contributed by atoms with Crippen LogP contribution in [0.3, 0.4) is 0 Å². The lowest BCUT2D eigenvalue weighted by Crippen LogP contribution is -2.75. The van der Waals surface area contributed by atoms with E-state index in [1.54, 1.807) is 12.4 Å². The Labute approximate surface area is 174 Å². The van der Waals surface area contributed by atoms with Crippen LogP contribution in [-0.2, 0) is 4.74 Å². The fraction of sp³-hybridized carbons (Fsp3) is 0.750. The van der Waals surface area contributed by atoms with Crippen molar-refractivity contribution >= 4 is 5.91 Å². The lowest BCUT2D eigenvalue weighted by Gasteiger charge is -2.63. The van der Waals surface area contributed by atoms with Crippen LogP contribution in [0.25, 0.3) is 0 Å². The summed E-state index contributed by atoms with van der Waals surface area (Å²) in [4.78, 5) is 21.9. The van der Waals surface area contributed by atoms with E-state index in [1.165, 1.54) is 44.9 Å². The number of carbonyl (C=O) groups excluding carboxylic acids is 1. The molecule has 1 atom stereocenters. The number of pyridine rings is 1. The average molecular weight is 398 g/mol. The summed E-state index contributed by atoms with van der Waals surface area (Å²) in [6.07, 6.45) is 15.5. The third-order valence-electron chi connectivity index (χ3n) is 7.95. The third kappa shape index (κ3) is 3.72. The fourth-order valence-corrected chi connectivity index (χ4v) is 5.87. The lowest BCUT2D eigenvalue weighted by atomic mass is 9.69. The summed E-state index contributed by atoms with van der Waals surface area (Å²) < 4.78 is 6.43. The van der Waals surface area contributed by atoms with Crippen molar-refractivity contribution in [2.24, 2.45) is 5.92 Å². The highest BCUT2D eigenvalue weighted by Gasteiger charge is 2.56. The van der Waals surface area contributed by atoms with Crippen molar-refractivity contribution in [3.05, 3.63) is 29.6 Å². The van der Waals surface area contributed by atoms with Gasteiger partial charge in [-0.05, 0) is 63.0 Å². The number of ether oxygens (including phenoxy) is 1. The van der Waals surface area contributed by atoms with Crippen LogP contribution < -0.4 is 0 Å². The van der Waals surface area contributed by atoms with Gasteiger partial charge in [0.1, 0.15) is 0 Å². The summed E-state index contributed by atoms with van der Waals surface area (Å²) in [7, 11) is 0. The molecule has 1 spiro atoms. The molecule has 2 saturated carbocycles. The van der Waals surface area contributed by atoms with Crippen LogP contribution in [0.2, 0.25) is 0 Å². The summed E-state index contributed by atoms with van der Waals surface area (Å²) in [5, 5.41) is 0. The molecule has 4 aliphatic rings. The van der Waals surface area contributed by atoms with Crippen LogP contribution in [0.5, 0.6) is 0 Å². The zero-order valence-electron chi connectivity index (χ0n) is 17.8. The van der Waals surface area contributed by atoms with Crippen molar-refractivity contribution in [2.75, 3.05) is 26.2 Å². The first-order chi connectivity index (χ1) is 14.2. The molecule has 2 aliphatic heterocycles. The largest absolute Gasteiger partial charge is 0.375 e. The van der Waals surface area contributed by atoms with Gasteiger partial charge in [-0.3, -0.25) is 14.7 Å². The Kier molecular flexibility index (Phi) is 5.37. The zero-order chi connectivity index (χ0) is 19.8. The Bertz CT molecular complexity index is 733. The van der Waals surface area contributed by atoms with Crippen LogP contribution >= 0.6 is 0 Å². The molecular weight excluding hydrogens is 362 g/mol. The second kappa shape index (κ2) is 7.99. The van der Waals surface area contributed by atoms with E-state index < -0.39 is 0 Å². The van der Waals surface area contributed by atoms with E-state index in [1.807, 2.05) is 17.9 Å². The molecule has 1 aromatic heterocycles. The molecule has 0 bridgehead atoms. The zero-order valence-corrected chi connectivity index (χ0v) is 17.8. The van der Waals surface area contributed by atoms with Crippen LogP contribution in [-0.4, -0.2) is 64.6 Å². The monoisotopic (exact) mass is 397 g/mol. The number of hydrogen-bond donors (Lipinski definition) is 0. The number of aromatic nitrogens is 1. The van der Waals surface area contributed by atoms with E-state index in [0.29, 0.717) is 17.7 Å². The third-order valence-corrected chi connectivity index (χ3v) is 7.95. The minimum Gasteiger partial charge on any atom is -0.375 e. The molecule has 2 saturated heterocycles. The van der Waals surface area contributed by atoms with E-state index in [9.17, 15) is 4.79 Å².